The van der Waals surface area contributed by atoms with Crippen LogP contribution in [0, 0.1) is 0 Å². The molecule has 7 heteroatoms. The van der Waals surface area contributed by atoms with Crippen LogP contribution in [-0.4, -0.2) is 57.7 Å². The summed E-state index contributed by atoms with van der Waals surface area (Å²) in [6.45, 7) is 9.00. The van der Waals surface area contributed by atoms with Gasteiger partial charge in [0.05, 0.1) is 25.4 Å². The predicted octanol–water partition coefficient (Wildman–Crippen LogP) is 3.43. The van der Waals surface area contributed by atoms with Crippen LogP contribution in [0.15, 0.2) is 42.7 Å². The quantitative estimate of drug-likeness (QED) is 0.646. The third-order valence-corrected chi connectivity index (χ3v) is 5.37. The molecule has 1 aliphatic heterocycles. The number of aryl methyl sites for hydroxylation is 1. The van der Waals surface area contributed by atoms with Crippen molar-refractivity contribution >= 4 is 0 Å². The van der Waals surface area contributed by atoms with Gasteiger partial charge < -0.3 is 14.6 Å². The summed E-state index contributed by atoms with van der Waals surface area (Å²) in [5.74, 6) is 1.44. The zero-order valence-corrected chi connectivity index (χ0v) is 17.5. The first-order chi connectivity index (χ1) is 14.7. The van der Waals surface area contributed by atoms with Crippen LogP contribution in [0.25, 0.3) is 17.1 Å². The molecule has 7 nitrogen and oxygen atoms in total. The van der Waals surface area contributed by atoms with Gasteiger partial charge in [-0.15, -0.1) is 10.2 Å². The van der Waals surface area contributed by atoms with Gasteiger partial charge in [-0.25, -0.2) is 0 Å². The summed E-state index contributed by atoms with van der Waals surface area (Å²) in [4.78, 5) is 2.40. The van der Waals surface area contributed by atoms with Gasteiger partial charge in [-0.2, -0.15) is 0 Å². The lowest BCUT2D eigenvalue weighted by Crippen LogP contribution is -2.35. The minimum atomic E-state index is 0.133. The van der Waals surface area contributed by atoms with Crippen molar-refractivity contribution in [1.82, 2.24) is 19.7 Å². The zero-order chi connectivity index (χ0) is 20.9. The molecule has 0 spiro atoms. The third-order valence-electron chi connectivity index (χ3n) is 5.37. The smallest absolute Gasteiger partial charge is 0.172 e. The van der Waals surface area contributed by atoms with Gasteiger partial charge in [-0.05, 0) is 42.7 Å². The van der Waals surface area contributed by atoms with E-state index in [9.17, 15) is 5.11 Å². The molecule has 0 unspecified atom stereocenters. The largest absolute Gasteiger partial charge is 0.507 e. The van der Waals surface area contributed by atoms with Crippen LogP contribution in [0.5, 0.6) is 11.5 Å². The molecule has 0 radical (unpaired) electrons. The number of nitrogens with zero attached hydrogens (tertiary/aromatic N) is 4. The van der Waals surface area contributed by atoms with Crippen molar-refractivity contribution in [1.29, 1.82) is 0 Å². The van der Waals surface area contributed by atoms with E-state index >= 15 is 0 Å². The standard InChI is InChI=1S/C23H28N4O3/c1-3-18-13-20(21(28)14-22(18)30-4-2)23-25-24-16-27(23)19-7-5-17(6-8-19)15-26-9-11-29-12-10-26/h5-8,13-14,16,28H,3-4,9-12,15H2,1-2H3. The van der Waals surface area contributed by atoms with Crippen molar-refractivity contribution in [3.63, 3.8) is 0 Å². The van der Waals surface area contributed by atoms with E-state index in [1.54, 1.807) is 12.4 Å². The number of rotatable bonds is 7. The summed E-state index contributed by atoms with van der Waals surface area (Å²) in [5.41, 5.74) is 3.88. The Hall–Kier alpha value is -2.90. The molecule has 0 aliphatic carbocycles. The summed E-state index contributed by atoms with van der Waals surface area (Å²) < 4.78 is 13.0. The van der Waals surface area contributed by atoms with E-state index in [4.69, 9.17) is 9.47 Å². The molecule has 0 atom stereocenters. The van der Waals surface area contributed by atoms with Crippen LogP contribution in [0.1, 0.15) is 25.0 Å². The Bertz CT molecular complexity index is 979. The molecule has 3 aromatic rings. The number of ether oxygens (including phenoxy) is 2. The molecule has 2 aromatic carbocycles. The molecule has 2 heterocycles. The van der Waals surface area contributed by atoms with E-state index < -0.39 is 0 Å². The van der Waals surface area contributed by atoms with Gasteiger partial charge in [0.25, 0.3) is 0 Å². The highest BCUT2D eigenvalue weighted by atomic mass is 16.5. The highest BCUT2D eigenvalue weighted by Crippen LogP contribution is 2.35. The molecular formula is C23H28N4O3. The number of aromatic nitrogens is 3. The summed E-state index contributed by atoms with van der Waals surface area (Å²) >= 11 is 0. The number of hydrogen-bond acceptors (Lipinski definition) is 6. The lowest BCUT2D eigenvalue weighted by molar-refractivity contribution is 0.0342. The first-order valence-corrected chi connectivity index (χ1v) is 10.5. The number of hydrogen-bond donors (Lipinski definition) is 1. The monoisotopic (exact) mass is 408 g/mol. The topological polar surface area (TPSA) is 72.6 Å². The first kappa shape index (κ1) is 20.4. The van der Waals surface area contributed by atoms with Crippen molar-refractivity contribution in [3.05, 3.63) is 53.9 Å². The predicted molar refractivity (Wildman–Crippen MR) is 115 cm³/mol. The van der Waals surface area contributed by atoms with Crippen LogP contribution < -0.4 is 4.74 Å². The SMILES string of the molecule is CCOc1cc(O)c(-c2nncn2-c2ccc(CN3CCOCC3)cc2)cc1CC. The Morgan fingerprint density at radius 1 is 1.10 bits per heavy atom. The van der Waals surface area contributed by atoms with Crippen LogP contribution in [0.4, 0.5) is 0 Å². The Morgan fingerprint density at radius 3 is 2.57 bits per heavy atom. The van der Waals surface area contributed by atoms with Crippen molar-refractivity contribution in [3.8, 4) is 28.6 Å². The van der Waals surface area contributed by atoms with Gasteiger partial charge in [0, 0.05) is 31.4 Å². The van der Waals surface area contributed by atoms with Crippen LogP contribution in [0.3, 0.4) is 0 Å². The van der Waals surface area contributed by atoms with Gasteiger partial charge in [0.15, 0.2) is 5.82 Å². The average molecular weight is 409 g/mol. The van der Waals surface area contributed by atoms with Crippen LogP contribution in [-0.2, 0) is 17.7 Å². The molecule has 1 saturated heterocycles. The minimum absolute atomic E-state index is 0.133. The molecule has 4 rings (SSSR count). The number of phenolic OH excluding ortho intramolecular Hbond substituents is 1. The van der Waals surface area contributed by atoms with Gasteiger partial charge >= 0.3 is 0 Å². The van der Waals surface area contributed by atoms with Crippen molar-refractivity contribution in [2.45, 2.75) is 26.8 Å². The Kier molecular flexibility index (Phi) is 6.30. The normalized spacial score (nSPS) is 14.7. The van der Waals surface area contributed by atoms with E-state index in [0.29, 0.717) is 23.7 Å². The molecule has 0 amide bonds. The number of phenols is 1. The number of benzene rings is 2. The molecule has 0 bridgehead atoms. The maximum absolute atomic E-state index is 10.6. The summed E-state index contributed by atoms with van der Waals surface area (Å²) in [5, 5.41) is 19.0. The Morgan fingerprint density at radius 2 is 1.87 bits per heavy atom. The molecule has 0 saturated carbocycles. The molecule has 30 heavy (non-hydrogen) atoms. The molecule has 1 fully saturated rings. The second-order valence-electron chi connectivity index (χ2n) is 7.34. The van der Waals surface area contributed by atoms with E-state index in [1.165, 1.54) is 5.56 Å². The summed E-state index contributed by atoms with van der Waals surface area (Å²) in [7, 11) is 0. The molecule has 1 aromatic heterocycles. The zero-order valence-electron chi connectivity index (χ0n) is 17.5. The number of morpholine rings is 1. The fraction of sp³-hybridized carbons (Fsp3) is 0.391. The van der Waals surface area contributed by atoms with Crippen LogP contribution in [0.2, 0.25) is 0 Å². The fourth-order valence-corrected chi connectivity index (χ4v) is 3.75. The minimum Gasteiger partial charge on any atom is -0.507 e. The van der Waals surface area contributed by atoms with Gasteiger partial charge in [-0.3, -0.25) is 9.47 Å². The first-order valence-electron chi connectivity index (χ1n) is 10.5. The third kappa shape index (κ3) is 4.32. The van der Waals surface area contributed by atoms with Crippen molar-refractivity contribution in [2.24, 2.45) is 0 Å². The maximum Gasteiger partial charge on any atom is 0.172 e. The van der Waals surface area contributed by atoms with E-state index in [0.717, 1.165) is 50.5 Å². The fourth-order valence-electron chi connectivity index (χ4n) is 3.75. The van der Waals surface area contributed by atoms with Crippen LogP contribution >= 0.6 is 0 Å². The van der Waals surface area contributed by atoms with E-state index in [-0.39, 0.29) is 5.75 Å². The van der Waals surface area contributed by atoms with E-state index in [1.807, 2.05) is 17.6 Å². The lowest BCUT2D eigenvalue weighted by Gasteiger charge is -2.26. The summed E-state index contributed by atoms with van der Waals surface area (Å²) in [6, 6.07) is 12.0. The second kappa shape index (κ2) is 9.28. The van der Waals surface area contributed by atoms with E-state index in [2.05, 4.69) is 46.3 Å². The second-order valence-corrected chi connectivity index (χ2v) is 7.34. The highest BCUT2D eigenvalue weighted by molar-refractivity contribution is 5.69. The van der Waals surface area contributed by atoms with Gasteiger partial charge in [0.1, 0.15) is 17.8 Å². The molecule has 158 valence electrons. The molecule has 1 aliphatic rings. The maximum atomic E-state index is 10.6. The highest BCUT2D eigenvalue weighted by Gasteiger charge is 2.17. The Labute approximate surface area is 176 Å². The van der Waals surface area contributed by atoms with Crippen molar-refractivity contribution < 1.29 is 14.6 Å². The van der Waals surface area contributed by atoms with Gasteiger partial charge in [-0.1, -0.05) is 19.1 Å². The Balaban J connectivity index is 1.60. The molecular weight excluding hydrogens is 380 g/mol. The molecule has 1 N–H and O–H groups in total. The average Bonchev–Trinajstić information content (AvgIpc) is 3.25. The lowest BCUT2D eigenvalue weighted by atomic mass is 10.1. The summed E-state index contributed by atoms with van der Waals surface area (Å²) in [6.07, 6.45) is 2.47. The number of aromatic hydroxyl groups is 1. The van der Waals surface area contributed by atoms with Crippen molar-refractivity contribution in [2.75, 3.05) is 32.9 Å². The van der Waals surface area contributed by atoms with Gasteiger partial charge in [0.2, 0.25) is 0 Å².